The molecule has 5 aromatic rings. The summed E-state index contributed by atoms with van der Waals surface area (Å²) >= 11 is 0. The van der Waals surface area contributed by atoms with E-state index < -0.39 is 0 Å². The third-order valence-corrected chi connectivity index (χ3v) is 5.29. The lowest BCUT2D eigenvalue weighted by molar-refractivity contribution is 0.356. The molecule has 8 nitrogen and oxygen atoms in total. The van der Waals surface area contributed by atoms with Gasteiger partial charge in [-0.3, -0.25) is 14.6 Å². The molecule has 4 aromatic heterocycles. The first kappa shape index (κ1) is 18.8. The number of nitrogens with two attached hydrogens (primary N) is 1. The Balaban J connectivity index is 1.72. The minimum atomic E-state index is 0.406. The lowest BCUT2D eigenvalue weighted by atomic mass is 10.0. The molecule has 0 unspecified atom stereocenters. The van der Waals surface area contributed by atoms with E-state index >= 15 is 0 Å². The largest absolute Gasteiger partial charge is 0.493 e. The van der Waals surface area contributed by atoms with Crippen LogP contribution in [0.2, 0.25) is 0 Å². The Kier molecular flexibility index (Phi) is 4.39. The normalized spacial score (nSPS) is 11.2. The summed E-state index contributed by atoms with van der Waals surface area (Å²) in [5.41, 5.74) is 10.6. The maximum atomic E-state index is 6.32. The van der Waals surface area contributed by atoms with Crippen molar-refractivity contribution in [3.63, 3.8) is 0 Å². The number of benzene rings is 1. The van der Waals surface area contributed by atoms with Crippen LogP contribution in [0.5, 0.6) is 11.5 Å². The van der Waals surface area contributed by atoms with Gasteiger partial charge in [0.2, 0.25) is 0 Å². The Morgan fingerprint density at radius 2 is 1.58 bits per heavy atom. The van der Waals surface area contributed by atoms with Gasteiger partial charge in [0.25, 0.3) is 0 Å². The molecule has 0 fully saturated rings. The Hall–Kier alpha value is -4.20. The van der Waals surface area contributed by atoms with Crippen molar-refractivity contribution in [2.24, 2.45) is 7.05 Å². The number of nitrogens with zero attached hydrogens (tertiary/aromatic N) is 5. The molecule has 0 atom stereocenters. The summed E-state index contributed by atoms with van der Waals surface area (Å²) in [5.74, 6) is 1.66. The van der Waals surface area contributed by atoms with Gasteiger partial charge in [0.1, 0.15) is 5.82 Å². The van der Waals surface area contributed by atoms with Gasteiger partial charge in [-0.25, -0.2) is 4.98 Å². The summed E-state index contributed by atoms with van der Waals surface area (Å²) in [6.07, 6.45) is 9.07. The van der Waals surface area contributed by atoms with Crippen LogP contribution in [0, 0.1) is 0 Å². The van der Waals surface area contributed by atoms with Crippen LogP contribution in [0.1, 0.15) is 0 Å². The molecule has 0 spiro atoms. The molecule has 0 saturated carbocycles. The highest BCUT2D eigenvalue weighted by molar-refractivity contribution is 6.10. The quantitative estimate of drug-likeness (QED) is 0.448. The van der Waals surface area contributed by atoms with Crippen molar-refractivity contribution >= 4 is 27.5 Å². The number of anilines is 1. The van der Waals surface area contributed by atoms with Gasteiger partial charge < -0.3 is 15.2 Å². The second-order valence-electron chi connectivity index (χ2n) is 7.20. The Morgan fingerprint density at radius 1 is 0.806 bits per heavy atom. The van der Waals surface area contributed by atoms with Crippen LogP contribution in [-0.2, 0) is 7.05 Å². The first-order valence-electron chi connectivity index (χ1n) is 9.63. The zero-order valence-corrected chi connectivity index (χ0v) is 17.3. The van der Waals surface area contributed by atoms with Gasteiger partial charge in [0.05, 0.1) is 31.6 Å². The van der Waals surface area contributed by atoms with Crippen LogP contribution in [-0.4, -0.2) is 39.0 Å². The van der Waals surface area contributed by atoms with Crippen molar-refractivity contribution in [1.29, 1.82) is 0 Å². The smallest absolute Gasteiger partial charge is 0.162 e. The van der Waals surface area contributed by atoms with E-state index in [0.29, 0.717) is 17.3 Å². The maximum Gasteiger partial charge on any atom is 0.162 e. The minimum Gasteiger partial charge on any atom is -0.493 e. The number of aryl methyl sites for hydroxylation is 1. The fourth-order valence-electron chi connectivity index (χ4n) is 3.71. The van der Waals surface area contributed by atoms with E-state index in [-0.39, 0.29) is 0 Å². The van der Waals surface area contributed by atoms with Crippen LogP contribution in [0.15, 0.2) is 55.2 Å². The molecule has 1 aromatic carbocycles. The van der Waals surface area contributed by atoms with E-state index in [2.05, 4.69) is 20.1 Å². The lowest BCUT2D eigenvalue weighted by Crippen LogP contribution is -1.97. The summed E-state index contributed by atoms with van der Waals surface area (Å²) in [6.45, 7) is 0. The number of rotatable bonds is 4. The van der Waals surface area contributed by atoms with Crippen LogP contribution >= 0.6 is 0 Å². The van der Waals surface area contributed by atoms with Crippen molar-refractivity contribution < 1.29 is 9.47 Å². The van der Waals surface area contributed by atoms with E-state index in [9.17, 15) is 0 Å². The highest BCUT2D eigenvalue weighted by Gasteiger charge is 2.14. The van der Waals surface area contributed by atoms with Crippen molar-refractivity contribution in [3.05, 3.63) is 55.2 Å². The molecule has 5 rings (SSSR count). The standard InChI is InChI=1S/C23H20N6O2/c1-29-12-15(10-27-29)13-4-14(9-25-8-13)19-5-16-17-6-21(30-2)22(31-3)7-20(17)26-11-18(16)23(24)28-19/h4-12H,1-3H3,(H2,24,28). The number of methoxy groups -OCH3 is 2. The first-order valence-corrected chi connectivity index (χ1v) is 9.63. The van der Waals surface area contributed by atoms with Gasteiger partial charge in [-0.05, 0) is 23.6 Å². The first-order chi connectivity index (χ1) is 15.1. The molecule has 0 aliphatic heterocycles. The fraction of sp³-hybridized carbons (Fsp3) is 0.130. The van der Waals surface area contributed by atoms with Crippen LogP contribution in [0.4, 0.5) is 5.82 Å². The molecule has 0 aliphatic carbocycles. The number of pyridine rings is 3. The van der Waals surface area contributed by atoms with E-state index in [1.54, 1.807) is 37.5 Å². The lowest BCUT2D eigenvalue weighted by Gasteiger charge is -2.12. The molecule has 0 saturated heterocycles. The van der Waals surface area contributed by atoms with Gasteiger partial charge in [-0.2, -0.15) is 5.10 Å². The average molecular weight is 412 g/mol. The van der Waals surface area contributed by atoms with Gasteiger partial charge in [-0.1, -0.05) is 0 Å². The third kappa shape index (κ3) is 3.18. The van der Waals surface area contributed by atoms with E-state index in [4.69, 9.17) is 15.2 Å². The van der Waals surface area contributed by atoms with Crippen molar-refractivity contribution in [1.82, 2.24) is 24.7 Å². The van der Waals surface area contributed by atoms with E-state index in [0.717, 1.165) is 44.1 Å². The molecule has 2 N–H and O–H groups in total. The SMILES string of the molecule is COc1cc2ncc3c(N)nc(-c4cncc(-c5cnn(C)c5)c4)cc3c2cc1OC. The second kappa shape index (κ2) is 7.24. The number of hydrogen-bond acceptors (Lipinski definition) is 7. The predicted molar refractivity (Wildman–Crippen MR) is 120 cm³/mol. The zero-order valence-electron chi connectivity index (χ0n) is 17.3. The number of ether oxygens (including phenoxy) is 2. The van der Waals surface area contributed by atoms with Crippen LogP contribution in [0.3, 0.4) is 0 Å². The molecule has 31 heavy (non-hydrogen) atoms. The topological polar surface area (TPSA) is 101 Å². The summed E-state index contributed by atoms with van der Waals surface area (Å²) in [7, 11) is 5.10. The summed E-state index contributed by atoms with van der Waals surface area (Å²) in [5, 5.41) is 6.85. The summed E-state index contributed by atoms with van der Waals surface area (Å²) in [4.78, 5) is 13.6. The highest BCUT2D eigenvalue weighted by Crippen LogP contribution is 2.37. The van der Waals surface area contributed by atoms with Gasteiger partial charge >= 0.3 is 0 Å². The minimum absolute atomic E-state index is 0.406. The maximum absolute atomic E-state index is 6.32. The van der Waals surface area contributed by atoms with Crippen LogP contribution < -0.4 is 15.2 Å². The van der Waals surface area contributed by atoms with Crippen LogP contribution in [0.25, 0.3) is 44.1 Å². The van der Waals surface area contributed by atoms with Gasteiger partial charge in [0.15, 0.2) is 11.5 Å². The molecule has 0 aliphatic rings. The van der Waals surface area contributed by atoms with E-state index in [1.165, 1.54) is 0 Å². The molecule has 4 heterocycles. The van der Waals surface area contributed by atoms with Crippen molar-refractivity contribution in [2.45, 2.75) is 0 Å². The number of hydrogen-bond donors (Lipinski definition) is 1. The van der Waals surface area contributed by atoms with Crippen molar-refractivity contribution in [3.8, 4) is 33.9 Å². The molecule has 0 amide bonds. The number of aromatic nitrogens is 5. The zero-order chi connectivity index (χ0) is 21.5. The molecule has 8 heteroatoms. The highest BCUT2D eigenvalue weighted by atomic mass is 16.5. The Bertz CT molecular complexity index is 1440. The monoisotopic (exact) mass is 412 g/mol. The second-order valence-corrected chi connectivity index (χ2v) is 7.20. The van der Waals surface area contributed by atoms with Crippen molar-refractivity contribution in [2.75, 3.05) is 20.0 Å². The summed E-state index contributed by atoms with van der Waals surface area (Å²) < 4.78 is 12.7. The molecule has 0 bridgehead atoms. The average Bonchev–Trinajstić information content (AvgIpc) is 3.24. The Labute approximate surface area is 178 Å². The molecule has 154 valence electrons. The Morgan fingerprint density at radius 3 is 2.32 bits per heavy atom. The molecule has 0 radical (unpaired) electrons. The fourth-order valence-corrected chi connectivity index (χ4v) is 3.71. The van der Waals surface area contributed by atoms with E-state index in [1.807, 2.05) is 43.7 Å². The number of fused-ring (bicyclic) bond motifs is 3. The molecular weight excluding hydrogens is 392 g/mol. The third-order valence-electron chi connectivity index (χ3n) is 5.29. The van der Waals surface area contributed by atoms with Gasteiger partial charge in [0, 0.05) is 65.4 Å². The molecular formula is C23H20N6O2. The number of nitrogen functional groups attached to an aromatic ring is 1. The summed E-state index contributed by atoms with van der Waals surface area (Å²) in [6, 6.07) is 7.81. The van der Waals surface area contributed by atoms with Gasteiger partial charge in [-0.15, -0.1) is 0 Å². The predicted octanol–water partition coefficient (Wildman–Crippen LogP) is 3.84.